The van der Waals surface area contributed by atoms with Crippen molar-refractivity contribution >= 4 is 11.6 Å². The molecule has 0 saturated heterocycles. The quantitative estimate of drug-likeness (QED) is 0.765. The summed E-state index contributed by atoms with van der Waals surface area (Å²) in [6, 6.07) is 7.24. The zero-order chi connectivity index (χ0) is 10.6. The Bertz CT molecular complexity index is 323. The van der Waals surface area contributed by atoms with E-state index in [1.54, 1.807) is 0 Å². The summed E-state index contributed by atoms with van der Waals surface area (Å²) in [7, 11) is 0. The van der Waals surface area contributed by atoms with E-state index in [1.807, 2.05) is 38.1 Å². The first-order valence-electron chi connectivity index (χ1n) is 4.76. The van der Waals surface area contributed by atoms with Crippen molar-refractivity contribution in [2.45, 2.75) is 26.3 Å². The van der Waals surface area contributed by atoms with E-state index in [1.165, 1.54) is 0 Å². The summed E-state index contributed by atoms with van der Waals surface area (Å²) in [5.74, 6) is -0.127. The van der Waals surface area contributed by atoms with Gasteiger partial charge in [0, 0.05) is 5.69 Å². The molecule has 0 heterocycles. The molecule has 0 spiro atoms. The van der Waals surface area contributed by atoms with Crippen LogP contribution in [0, 0.1) is 6.92 Å². The van der Waals surface area contributed by atoms with Gasteiger partial charge in [0.25, 0.3) is 0 Å². The molecule has 1 rings (SSSR count). The second-order valence-electron chi connectivity index (χ2n) is 3.37. The third kappa shape index (κ3) is 2.85. The van der Waals surface area contributed by atoms with Gasteiger partial charge in [-0.1, -0.05) is 19.1 Å². The Morgan fingerprint density at radius 2 is 2.29 bits per heavy atom. The van der Waals surface area contributed by atoms with Crippen molar-refractivity contribution in [2.24, 2.45) is 5.73 Å². The van der Waals surface area contributed by atoms with Crippen molar-refractivity contribution in [3.8, 4) is 0 Å². The Balaban J connectivity index is 2.65. The molecule has 0 radical (unpaired) electrons. The summed E-state index contributed by atoms with van der Waals surface area (Å²) in [5.41, 5.74) is 7.51. The third-order valence-corrected chi connectivity index (χ3v) is 2.06. The van der Waals surface area contributed by atoms with Gasteiger partial charge in [-0.05, 0) is 31.0 Å². The number of hydrogen-bond acceptors (Lipinski definition) is 2. The van der Waals surface area contributed by atoms with Gasteiger partial charge in [-0.15, -0.1) is 0 Å². The van der Waals surface area contributed by atoms with Gasteiger partial charge in [0.05, 0.1) is 6.04 Å². The Labute approximate surface area is 84.3 Å². The van der Waals surface area contributed by atoms with Crippen molar-refractivity contribution in [1.82, 2.24) is 0 Å². The standard InChI is InChI=1S/C11H16N2O/c1-3-10(12)11(14)13-9-6-4-5-8(2)7-9/h4-7,10H,3,12H2,1-2H3,(H,13,14). The fraction of sp³-hybridized carbons (Fsp3) is 0.364. The molecule has 0 saturated carbocycles. The minimum Gasteiger partial charge on any atom is -0.325 e. The predicted octanol–water partition coefficient (Wildman–Crippen LogP) is 1.67. The van der Waals surface area contributed by atoms with Gasteiger partial charge in [-0.2, -0.15) is 0 Å². The maximum Gasteiger partial charge on any atom is 0.241 e. The summed E-state index contributed by atoms with van der Waals surface area (Å²) < 4.78 is 0. The number of amides is 1. The van der Waals surface area contributed by atoms with Gasteiger partial charge in [0.2, 0.25) is 5.91 Å². The lowest BCUT2D eigenvalue weighted by Crippen LogP contribution is -2.34. The maximum atomic E-state index is 11.4. The van der Waals surface area contributed by atoms with E-state index < -0.39 is 6.04 Å². The van der Waals surface area contributed by atoms with Gasteiger partial charge in [0.1, 0.15) is 0 Å². The van der Waals surface area contributed by atoms with Crippen molar-refractivity contribution < 1.29 is 4.79 Å². The predicted molar refractivity (Wildman–Crippen MR) is 58.1 cm³/mol. The molecule has 76 valence electrons. The average Bonchev–Trinajstić information content (AvgIpc) is 2.16. The van der Waals surface area contributed by atoms with Crippen LogP contribution in [-0.4, -0.2) is 11.9 Å². The van der Waals surface area contributed by atoms with E-state index in [4.69, 9.17) is 5.73 Å². The van der Waals surface area contributed by atoms with E-state index in [2.05, 4.69) is 5.32 Å². The second-order valence-corrected chi connectivity index (χ2v) is 3.37. The molecule has 0 aromatic heterocycles. The first-order valence-corrected chi connectivity index (χ1v) is 4.76. The van der Waals surface area contributed by atoms with Crippen LogP contribution in [-0.2, 0) is 4.79 Å². The smallest absolute Gasteiger partial charge is 0.241 e. The monoisotopic (exact) mass is 192 g/mol. The van der Waals surface area contributed by atoms with E-state index in [-0.39, 0.29) is 5.91 Å². The Hall–Kier alpha value is -1.35. The van der Waals surface area contributed by atoms with Crippen LogP contribution >= 0.6 is 0 Å². The Morgan fingerprint density at radius 1 is 1.57 bits per heavy atom. The van der Waals surface area contributed by atoms with Crippen LogP contribution in [0.4, 0.5) is 5.69 Å². The molecule has 3 nitrogen and oxygen atoms in total. The molecule has 3 heteroatoms. The zero-order valence-electron chi connectivity index (χ0n) is 8.58. The first kappa shape index (κ1) is 10.7. The zero-order valence-corrected chi connectivity index (χ0v) is 8.58. The van der Waals surface area contributed by atoms with Crippen LogP contribution in [0.1, 0.15) is 18.9 Å². The van der Waals surface area contributed by atoms with E-state index in [0.717, 1.165) is 11.3 Å². The Kier molecular flexibility index (Phi) is 3.65. The normalized spacial score (nSPS) is 12.2. The number of benzene rings is 1. The van der Waals surface area contributed by atoms with Crippen molar-refractivity contribution in [3.63, 3.8) is 0 Å². The number of nitrogens with two attached hydrogens (primary N) is 1. The molecular weight excluding hydrogens is 176 g/mol. The van der Waals surface area contributed by atoms with E-state index in [9.17, 15) is 4.79 Å². The highest BCUT2D eigenvalue weighted by molar-refractivity contribution is 5.94. The average molecular weight is 192 g/mol. The van der Waals surface area contributed by atoms with Crippen molar-refractivity contribution in [2.75, 3.05) is 5.32 Å². The molecule has 0 bridgehead atoms. The summed E-state index contributed by atoms with van der Waals surface area (Å²) >= 11 is 0. The lowest BCUT2D eigenvalue weighted by Gasteiger charge is -2.10. The summed E-state index contributed by atoms with van der Waals surface area (Å²) in [6.07, 6.45) is 0.650. The van der Waals surface area contributed by atoms with Crippen LogP contribution in [0.3, 0.4) is 0 Å². The molecule has 0 fully saturated rings. The first-order chi connectivity index (χ1) is 6.63. The lowest BCUT2D eigenvalue weighted by atomic mass is 10.2. The summed E-state index contributed by atoms with van der Waals surface area (Å²) in [4.78, 5) is 11.4. The fourth-order valence-electron chi connectivity index (χ4n) is 1.14. The van der Waals surface area contributed by atoms with Gasteiger partial charge in [-0.3, -0.25) is 4.79 Å². The SMILES string of the molecule is CCC(N)C(=O)Nc1cccc(C)c1. The molecule has 1 atom stereocenters. The largest absolute Gasteiger partial charge is 0.325 e. The number of aryl methyl sites for hydroxylation is 1. The third-order valence-electron chi connectivity index (χ3n) is 2.06. The molecule has 0 aliphatic heterocycles. The number of nitrogens with one attached hydrogen (secondary N) is 1. The van der Waals surface area contributed by atoms with Gasteiger partial charge in [-0.25, -0.2) is 0 Å². The van der Waals surface area contributed by atoms with Crippen molar-refractivity contribution in [1.29, 1.82) is 0 Å². The van der Waals surface area contributed by atoms with Gasteiger partial charge >= 0.3 is 0 Å². The van der Waals surface area contributed by atoms with Crippen LogP contribution in [0.5, 0.6) is 0 Å². The minimum absolute atomic E-state index is 0.127. The molecule has 1 aromatic carbocycles. The number of anilines is 1. The fourth-order valence-corrected chi connectivity index (χ4v) is 1.14. The van der Waals surface area contributed by atoms with E-state index >= 15 is 0 Å². The second kappa shape index (κ2) is 4.77. The number of hydrogen-bond donors (Lipinski definition) is 2. The molecule has 0 aliphatic carbocycles. The molecule has 1 aromatic rings. The highest BCUT2D eigenvalue weighted by atomic mass is 16.2. The number of carbonyl (C=O) groups is 1. The molecular formula is C11H16N2O. The molecule has 1 unspecified atom stereocenters. The van der Waals surface area contributed by atoms with Crippen LogP contribution in [0.2, 0.25) is 0 Å². The number of rotatable bonds is 3. The van der Waals surface area contributed by atoms with Crippen LogP contribution in [0.25, 0.3) is 0 Å². The van der Waals surface area contributed by atoms with Crippen LogP contribution < -0.4 is 11.1 Å². The van der Waals surface area contributed by atoms with Crippen LogP contribution in [0.15, 0.2) is 24.3 Å². The molecule has 14 heavy (non-hydrogen) atoms. The molecule has 3 N–H and O–H groups in total. The highest BCUT2D eigenvalue weighted by Crippen LogP contribution is 2.09. The number of carbonyl (C=O) groups excluding carboxylic acids is 1. The lowest BCUT2D eigenvalue weighted by molar-refractivity contribution is -0.117. The van der Waals surface area contributed by atoms with Gasteiger partial charge < -0.3 is 11.1 Å². The minimum atomic E-state index is -0.421. The summed E-state index contributed by atoms with van der Waals surface area (Å²) in [6.45, 7) is 3.87. The molecule has 0 aliphatic rings. The highest BCUT2D eigenvalue weighted by Gasteiger charge is 2.10. The van der Waals surface area contributed by atoms with Crippen molar-refractivity contribution in [3.05, 3.63) is 29.8 Å². The van der Waals surface area contributed by atoms with E-state index in [0.29, 0.717) is 6.42 Å². The van der Waals surface area contributed by atoms with Gasteiger partial charge in [0.15, 0.2) is 0 Å². The summed E-state index contributed by atoms with van der Waals surface area (Å²) in [5, 5.41) is 2.77. The topological polar surface area (TPSA) is 55.1 Å². The Morgan fingerprint density at radius 3 is 2.86 bits per heavy atom. The molecule has 1 amide bonds. The maximum absolute atomic E-state index is 11.4.